The van der Waals surface area contributed by atoms with Crippen LogP contribution in [0.3, 0.4) is 0 Å². The normalized spacial score (nSPS) is 11.7. The van der Waals surface area contributed by atoms with Crippen LogP contribution >= 0.6 is 46.4 Å². The molecule has 1 unspecified atom stereocenters. The summed E-state index contributed by atoms with van der Waals surface area (Å²) in [6, 6.07) is 18.9. The first kappa shape index (κ1) is 25.4. The maximum atomic E-state index is 13.5. The molecule has 0 saturated carbocycles. The highest BCUT2D eigenvalue weighted by Gasteiger charge is 2.30. The van der Waals surface area contributed by atoms with Gasteiger partial charge < -0.3 is 10.2 Å². The van der Waals surface area contributed by atoms with E-state index in [2.05, 4.69) is 5.32 Å². The summed E-state index contributed by atoms with van der Waals surface area (Å²) in [5.41, 5.74) is 2.31. The first-order chi connectivity index (χ1) is 15.8. The quantitative estimate of drug-likeness (QED) is 0.380. The molecule has 0 fully saturated rings. The minimum Gasteiger partial charge on any atom is -0.357 e. The van der Waals surface area contributed by atoms with E-state index in [4.69, 9.17) is 46.4 Å². The van der Waals surface area contributed by atoms with Crippen LogP contribution < -0.4 is 5.32 Å². The zero-order valence-electron chi connectivity index (χ0n) is 17.8. The van der Waals surface area contributed by atoms with Gasteiger partial charge in [0.2, 0.25) is 11.8 Å². The van der Waals surface area contributed by atoms with Gasteiger partial charge in [-0.1, -0.05) is 88.9 Å². The maximum absolute atomic E-state index is 13.5. The van der Waals surface area contributed by atoms with Crippen molar-refractivity contribution in [3.05, 3.63) is 104 Å². The second-order valence-corrected chi connectivity index (χ2v) is 9.16. The Balaban J connectivity index is 1.97. The molecular formula is C25H22Cl4N2O2. The van der Waals surface area contributed by atoms with E-state index in [1.165, 1.54) is 0 Å². The van der Waals surface area contributed by atoms with Crippen LogP contribution in [0, 0.1) is 0 Å². The predicted molar refractivity (Wildman–Crippen MR) is 135 cm³/mol. The molecule has 0 bridgehead atoms. The van der Waals surface area contributed by atoms with E-state index in [1.807, 2.05) is 30.3 Å². The average molecular weight is 524 g/mol. The number of carbonyl (C=O) groups is 2. The Bertz CT molecular complexity index is 1140. The van der Waals surface area contributed by atoms with Gasteiger partial charge in [0, 0.05) is 30.1 Å². The van der Waals surface area contributed by atoms with E-state index >= 15 is 0 Å². The van der Waals surface area contributed by atoms with Crippen molar-refractivity contribution in [1.82, 2.24) is 10.2 Å². The molecule has 0 radical (unpaired) electrons. The number of benzene rings is 3. The summed E-state index contributed by atoms with van der Waals surface area (Å²) in [6.45, 7) is 0.140. The van der Waals surface area contributed by atoms with Crippen molar-refractivity contribution in [2.75, 3.05) is 7.05 Å². The Morgan fingerprint density at radius 1 is 0.848 bits per heavy atom. The minimum atomic E-state index is -0.751. The highest BCUT2D eigenvalue weighted by molar-refractivity contribution is 6.42. The molecule has 8 heteroatoms. The molecule has 1 N–H and O–H groups in total. The van der Waals surface area contributed by atoms with Crippen molar-refractivity contribution < 1.29 is 9.59 Å². The molecular weight excluding hydrogens is 502 g/mol. The Kier molecular flexibility index (Phi) is 9.04. The van der Waals surface area contributed by atoms with Crippen LogP contribution in [-0.2, 0) is 29.0 Å². The fraction of sp³-hybridized carbons (Fsp3) is 0.200. The van der Waals surface area contributed by atoms with Crippen LogP contribution in [0.15, 0.2) is 66.7 Å². The highest BCUT2D eigenvalue weighted by Crippen LogP contribution is 2.26. The number of amides is 2. The summed E-state index contributed by atoms with van der Waals surface area (Å²) < 4.78 is 0. The van der Waals surface area contributed by atoms with Gasteiger partial charge in [0.05, 0.1) is 16.5 Å². The maximum Gasteiger partial charge on any atom is 0.242 e. The second-order valence-electron chi connectivity index (χ2n) is 7.50. The van der Waals surface area contributed by atoms with Crippen molar-refractivity contribution in [2.45, 2.75) is 25.4 Å². The molecule has 172 valence electrons. The third-order valence-corrected chi connectivity index (χ3v) is 6.54. The fourth-order valence-corrected chi connectivity index (χ4v) is 4.27. The first-order valence-corrected chi connectivity index (χ1v) is 11.7. The smallest absolute Gasteiger partial charge is 0.242 e. The molecule has 0 spiro atoms. The lowest BCUT2D eigenvalue weighted by molar-refractivity contribution is -0.140. The molecule has 3 aromatic carbocycles. The summed E-state index contributed by atoms with van der Waals surface area (Å²) in [5.74, 6) is -0.518. The molecule has 0 aliphatic carbocycles. The molecule has 0 aliphatic heterocycles. The van der Waals surface area contributed by atoms with Crippen molar-refractivity contribution in [3.8, 4) is 0 Å². The SMILES string of the molecule is CNC(=O)C(Cc1ccccc1)N(Cc1ccc(Cl)cc1Cl)C(=O)Cc1ccc(Cl)c(Cl)c1. The van der Waals surface area contributed by atoms with Crippen LogP contribution in [0.25, 0.3) is 0 Å². The van der Waals surface area contributed by atoms with Gasteiger partial charge in [-0.3, -0.25) is 9.59 Å². The monoisotopic (exact) mass is 522 g/mol. The van der Waals surface area contributed by atoms with E-state index in [1.54, 1.807) is 48.3 Å². The van der Waals surface area contributed by atoms with Crippen LogP contribution in [-0.4, -0.2) is 29.8 Å². The van der Waals surface area contributed by atoms with Crippen LogP contribution in [0.4, 0.5) is 0 Å². The zero-order chi connectivity index (χ0) is 24.0. The Morgan fingerprint density at radius 2 is 1.58 bits per heavy atom. The van der Waals surface area contributed by atoms with Gasteiger partial charge in [-0.25, -0.2) is 0 Å². The summed E-state index contributed by atoms with van der Waals surface area (Å²) in [4.78, 5) is 28.0. The van der Waals surface area contributed by atoms with Gasteiger partial charge in [-0.2, -0.15) is 0 Å². The van der Waals surface area contributed by atoms with Crippen molar-refractivity contribution in [1.29, 1.82) is 0 Å². The van der Waals surface area contributed by atoms with Gasteiger partial charge >= 0.3 is 0 Å². The largest absolute Gasteiger partial charge is 0.357 e. The fourth-order valence-electron chi connectivity index (χ4n) is 3.48. The third kappa shape index (κ3) is 6.87. The molecule has 1 atom stereocenters. The van der Waals surface area contributed by atoms with Crippen LogP contribution in [0.5, 0.6) is 0 Å². The Morgan fingerprint density at radius 3 is 2.21 bits per heavy atom. The Hall–Kier alpha value is -2.24. The zero-order valence-corrected chi connectivity index (χ0v) is 20.8. The molecule has 3 rings (SSSR count). The summed E-state index contributed by atoms with van der Waals surface area (Å²) in [5, 5.41) is 4.37. The number of nitrogens with one attached hydrogen (secondary N) is 1. The van der Waals surface area contributed by atoms with Gasteiger partial charge in [0.1, 0.15) is 6.04 Å². The summed E-state index contributed by atoms with van der Waals surface area (Å²) in [7, 11) is 1.55. The lowest BCUT2D eigenvalue weighted by Crippen LogP contribution is -2.50. The van der Waals surface area contributed by atoms with Gasteiger partial charge in [0.25, 0.3) is 0 Å². The summed E-state index contributed by atoms with van der Waals surface area (Å²) in [6.07, 6.45) is 0.392. The van der Waals surface area contributed by atoms with Gasteiger partial charge in [-0.05, 0) is 41.0 Å². The number of halogens is 4. The lowest BCUT2D eigenvalue weighted by Gasteiger charge is -2.31. The van der Waals surface area contributed by atoms with Crippen LogP contribution in [0.2, 0.25) is 20.1 Å². The number of nitrogens with zero attached hydrogens (tertiary/aromatic N) is 1. The van der Waals surface area contributed by atoms with Crippen molar-refractivity contribution >= 4 is 58.2 Å². The molecule has 0 heterocycles. The standard InChI is InChI=1S/C25H22Cl4N2O2/c1-30-25(33)23(12-16-5-3-2-4-6-16)31(15-18-8-9-19(26)14-21(18)28)24(32)13-17-7-10-20(27)22(29)11-17/h2-11,14,23H,12-13,15H2,1H3,(H,30,33). The number of carbonyl (C=O) groups excluding carboxylic acids is 2. The molecule has 3 aromatic rings. The van der Waals surface area contributed by atoms with E-state index in [-0.39, 0.29) is 24.8 Å². The number of rotatable bonds is 8. The van der Waals surface area contributed by atoms with Gasteiger partial charge in [-0.15, -0.1) is 0 Å². The van der Waals surface area contributed by atoms with Crippen molar-refractivity contribution in [3.63, 3.8) is 0 Å². The average Bonchev–Trinajstić information content (AvgIpc) is 2.80. The highest BCUT2D eigenvalue weighted by atomic mass is 35.5. The molecule has 4 nitrogen and oxygen atoms in total. The first-order valence-electron chi connectivity index (χ1n) is 10.2. The predicted octanol–water partition coefficient (Wildman–Crippen LogP) is 6.23. The molecule has 0 saturated heterocycles. The minimum absolute atomic E-state index is 0.0460. The van der Waals surface area contributed by atoms with Crippen LogP contribution in [0.1, 0.15) is 16.7 Å². The molecule has 33 heavy (non-hydrogen) atoms. The molecule has 0 aromatic heterocycles. The van der Waals surface area contributed by atoms with Crippen molar-refractivity contribution in [2.24, 2.45) is 0 Å². The van der Waals surface area contributed by atoms with Gasteiger partial charge in [0.15, 0.2) is 0 Å². The third-order valence-electron chi connectivity index (χ3n) is 5.21. The lowest BCUT2D eigenvalue weighted by atomic mass is 10.0. The topological polar surface area (TPSA) is 49.4 Å². The number of likely N-dealkylation sites (N-methyl/N-ethyl adjacent to an activating group) is 1. The number of hydrogen-bond acceptors (Lipinski definition) is 2. The second kappa shape index (κ2) is 11.8. The number of hydrogen-bond donors (Lipinski definition) is 1. The summed E-state index contributed by atoms with van der Waals surface area (Å²) >= 11 is 24.6. The van der Waals surface area contributed by atoms with E-state index in [0.29, 0.717) is 37.6 Å². The van der Waals surface area contributed by atoms with E-state index in [0.717, 1.165) is 5.56 Å². The van der Waals surface area contributed by atoms with E-state index in [9.17, 15) is 9.59 Å². The Labute approximate surface area is 213 Å². The molecule has 0 aliphatic rings. The van der Waals surface area contributed by atoms with E-state index < -0.39 is 6.04 Å². The molecule has 2 amide bonds.